The van der Waals surface area contributed by atoms with E-state index in [2.05, 4.69) is 20.0 Å². The van der Waals surface area contributed by atoms with Crippen molar-refractivity contribution in [2.45, 2.75) is 39.4 Å². The number of amides is 1. The minimum atomic E-state index is 0.0390. The Kier molecular flexibility index (Phi) is 4.66. The van der Waals surface area contributed by atoms with Gasteiger partial charge in [0.2, 0.25) is 11.8 Å². The van der Waals surface area contributed by atoms with Crippen LogP contribution in [0.4, 0.5) is 0 Å². The Hall–Kier alpha value is -2.28. The summed E-state index contributed by atoms with van der Waals surface area (Å²) in [7, 11) is 0. The third kappa shape index (κ3) is 3.92. The number of aromatic nitrogens is 3. The van der Waals surface area contributed by atoms with Crippen LogP contribution in [0.1, 0.15) is 30.8 Å². The van der Waals surface area contributed by atoms with Gasteiger partial charge in [0.05, 0.1) is 12.2 Å². The van der Waals surface area contributed by atoms with Gasteiger partial charge in [-0.05, 0) is 18.6 Å². The summed E-state index contributed by atoms with van der Waals surface area (Å²) in [4.78, 5) is 24.7. The van der Waals surface area contributed by atoms with Crippen LogP contribution < -0.4 is 0 Å². The quantitative estimate of drug-likeness (QED) is 0.830. The Morgan fingerprint density at radius 3 is 3.00 bits per heavy atom. The highest BCUT2D eigenvalue weighted by Crippen LogP contribution is 2.19. The van der Waals surface area contributed by atoms with Crippen LogP contribution in [-0.4, -0.2) is 50.0 Å². The molecule has 0 N–H and O–H groups in total. The molecule has 7 heteroatoms. The van der Waals surface area contributed by atoms with Gasteiger partial charge in [0.1, 0.15) is 0 Å². The molecule has 2 aromatic rings. The molecule has 0 bridgehead atoms. The van der Waals surface area contributed by atoms with Crippen LogP contribution in [0.5, 0.6) is 0 Å². The molecule has 3 heterocycles. The fourth-order valence-electron chi connectivity index (χ4n) is 2.99. The highest BCUT2D eigenvalue weighted by atomic mass is 16.5. The molecule has 1 atom stereocenters. The van der Waals surface area contributed by atoms with Gasteiger partial charge in [-0.3, -0.25) is 14.7 Å². The lowest BCUT2D eigenvalue weighted by Gasteiger charge is -2.27. The third-order valence-corrected chi connectivity index (χ3v) is 4.09. The number of aryl methyl sites for hydroxylation is 1. The highest BCUT2D eigenvalue weighted by molar-refractivity contribution is 5.73. The van der Waals surface area contributed by atoms with Crippen molar-refractivity contribution < 1.29 is 9.32 Å². The fraction of sp³-hybridized carbons (Fsp3) is 0.500. The van der Waals surface area contributed by atoms with Gasteiger partial charge in [-0.1, -0.05) is 11.2 Å². The SMILES string of the molecule is CC(=O)N(Cc1noc(C)n1)[C@@H]1CCN(Cc2ccccn2)C1. The first-order chi connectivity index (χ1) is 11.1. The molecule has 0 aliphatic carbocycles. The maximum atomic E-state index is 12.0. The van der Waals surface area contributed by atoms with E-state index in [1.165, 1.54) is 0 Å². The Morgan fingerprint density at radius 2 is 2.35 bits per heavy atom. The number of carbonyl (C=O) groups excluding carboxylic acids is 1. The molecular formula is C16H21N5O2. The molecule has 0 radical (unpaired) electrons. The van der Waals surface area contributed by atoms with Crippen molar-refractivity contribution in [3.63, 3.8) is 0 Å². The van der Waals surface area contributed by atoms with Crippen molar-refractivity contribution in [2.24, 2.45) is 0 Å². The van der Waals surface area contributed by atoms with E-state index in [1.807, 2.05) is 29.3 Å². The average Bonchev–Trinajstić information content (AvgIpc) is 3.15. The van der Waals surface area contributed by atoms with Gasteiger partial charge in [-0.25, -0.2) is 0 Å². The first-order valence-corrected chi connectivity index (χ1v) is 7.80. The molecule has 3 rings (SSSR count). The van der Waals surface area contributed by atoms with Crippen molar-refractivity contribution in [1.29, 1.82) is 0 Å². The summed E-state index contributed by atoms with van der Waals surface area (Å²) in [6.45, 7) is 6.34. The normalized spacial score (nSPS) is 18.3. The van der Waals surface area contributed by atoms with Crippen LogP contribution >= 0.6 is 0 Å². The minimum Gasteiger partial charge on any atom is -0.340 e. The molecule has 1 aliphatic heterocycles. The van der Waals surface area contributed by atoms with Crippen LogP contribution in [-0.2, 0) is 17.9 Å². The van der Waals surface area contributed by atoms with Crippen molar-refractivity contribution in [3.8, 4) is 0 Å². The number of hydrogen-bond acceptors (Lipinski definition) is 6. The number of likely N-dealkylation sites (tertiary alicyclic amines) is 1. The van der Waals surface area contributed by atoms with Crippen LogP contribution in [0.15, 0.2) is 28.9 Å². The summed E-state index contributed by atoms with van der Waals surface area (Å²) >= 11 is 0. The smallest absolute Gasteiger partial charge is 0.223 e. The molecule has 0 saturated carbocycles. The molecule has 122 valence electrons. The number of pyridine rings is 1. The molecule has 1 aliphatic rings. The zero-order valence-corrected chi connectivity index (χ0v) is 13.5. The first kappa shape index (κ1) is 15.6. The van der Waals surface area contributed by atoms with Crippen molar-refractivity contribution in [3.05, 3.63) is 41.8 Å². The Labute approximate surface area is 135 Å². The number of carbonyl (C=O) groups is 1. The van der Waals surface area contributed by atoms with Gasteiger partial charge >= 0.3 is 0 Å². The third-order valence-electron chi connectivity index (χ3n) is 4.09. The highest BCUT2D eigenvalue weighted by Gasteiger charge is 2.30. The molecule has 2 aromatic heterocycles. The van der Waals surface area contributed by atoms with Crippen LogP contribution in [0.2, 0.25) is 0 Å². The largest absolute Gasteiger partial charge is 0.340 e. The second-order valence-corrected chi connectivity index (χ2v) is 5.88. The van der Waals surface area contributed by atoms with E-state index < -0.39 is 0 Å². The molecule has 0 aromatic carbocycles. The molecule has 0 unspecified atom stereocenters. The lowest BCUT2D eigenvalue weighted by Crippen LogP contribution is -2.40. The van der Waals surface area contributed by atoms with Gasteiger partial charge < -0.3 is 9.42 Å². The molecule has 1 fully saturated rings. The lowest BCUT2D eigenvalue weighted by atomic mass is 10.2. The van der Waals surface area contributed by atoms with E-state index in [-0.39, 0.29) is 11.9 Å². The zero-order chi connectivity index (χ0) is 16.2. The summed E-state index contributed by atoms with van der Waals surface area (Å²) in [5, 5.41) is 3.89. The summed E-state index contributed by atoms with van der Waals surface area (Å²) in [6, 6.07) is 6.12. The van der Waals surface area contributed by atoms with E-state index in [1.54, 1.807) is 13.8 Å². The monoisotopic (exact) mass is 315 g/mol. The van der Waals surface area contributed by atoms with Crippen LogP contribution in [0, 0.1) is 6.92 Å². The number of hydrogen-bond donors (Lipinski definition) is 0. The summed E-state index contributed by atoms with van der Waals surface area (Å²) in [6.07, 6.45) is 2.76. The van der Waals surface area contributed by atoms with E-state index >= 15 is 0 Å². The van der Waals surface area contributed by atoms with E-state index in [9.17, 15) is 4.79 Å². The standard InChI is InChI=1S/C16H21N5O2/c1-12-18-16(19-23-12)11-21(13(2)22)15-6-8-20(10-15)9-14-5-3-4-7-17-14/h3-5,7,15H,6,8-11H2,1-2H3/t15-/m1/s1. The summed E-state index contributed by atoms with van der Waals surface area (Å²) < 4.78 is 4.99. The molecular weight excluding hydrogens is 294 g/mol. The van der Waals surface area contributed by atoms with Gasteiger partial charge in [0.25, 0.3) is 0 Å². The van der Waals surface area contributed by atoms with Gasteiger partial charge in [0, 0.05) is 45.7 Å². The Bertz CT molecular complexity index is 658. The maximum Gasteiger partial charge on any atom is 0.223 e. The van der Waals surface area contributed by atoms with E-state index in [4.69, 9.17) is 4.52 Å². The molecule has 1 saturated heterocycles. The number of nitrogens with zero attached hydrogens (tertiary/aromatic N) is 5. The topological polar surface area (TPSA) is 75.4 Å². The van der Waals surface area contributed by atoms with Crippen molar-refractivity contribution >= 4 is 5.91 Å². The van der Waals surface area contributed by atoms with Crippen molar-refractivity contribution in [1.82, 2.24) is 24.9 Å². The minimum absolute atomic E-state index is 0.0390. The van der Waals surface area contributed by atoms with E-state index in [0.29, 0.717) is 18.3 Å². The van der Waals surface area contributed by atoms with Gasteiger partial charge in [-0.2, -0.15) is 4.98 Å². The molecule has 23 heavy (non-hydrogen) atoms. The predicted octanol–water partition coefficient (Wildman–Crippen LogP) is 1.40. The molecule has 1 amide bonds. The van der Waals surface area contributed by atoms with Crippen molar-refractivity contribution in [2.75, 3.05) is 13.1 Å². The Morgan fingerprint density at radius 1 is 1.48 bits per heavy atom. The van der Waals surface area contributed by atoms with E-state index in [0.717, 1.165) is 31.7 Å². The first-order valence-electron chi connectivity index (χ1n) is 7.80. The average molecular weight is 315 g/mol. The second-order valence-electron chi connectivity index (χ2n) is 5.88. The van der Waals surface area contributed by atoms with Gasteiger partial charge in [0.15, 0.2) is 5.82 Å². The number of rotatable bonds is 5. The zero-order valence-electron chi connectivity index (χ0n) is 13.5. The Balaban J connectivity index is 1.62. The second kappa shape index (κ2) is 6.87. The summed E-state index contributed by atoms with van der Waals surface area (Å²) in [5.74, 6) is 1.12. The predicted molar refractivity (Wildman–Crippen MR) is 83.2 cm³/mol. The van der Waals surface area contributed by atoms with Crippen LogP contribution in [0.25, 0.3) is 0 Å². The maximum absolute atomic E-state index is 12.0. The fourth-order valence-corrected chi connectivity index (χ4v) is 2.99. The van der Waals surface area contributed by atoms with Crippen LogP contribution in [0.3, 0.4) is 0 Å². The molecule has 7 nitrogen and oxygen atoms in total. The lowest BCUT2D eigenvalue weighted by molar-refractivity contribution is -0.131. The summed E-state index contributed by atoms with van der Waals surface area (Å²) in [5.41, 5.74) is 1.05. The molecule has 0 spiro atoms. The van der Waals surface area contributed by atoms with Gasteiger partial charge in [-0.15, -0.1) is 0 Å².